The van der Waals surface area contributed by atoms with Gasteiger partial charge in [-0.05, 0) is 19.8 Å². The molecule has 0 aromatic heterocycles. The normalized spacial score (nSPS) is 37.0. The Hall–Kier alpha value is -0.480. The summed E-state index contributed by atoms with van der Waals surface area (Å²) in [5.74, 6) is 2.57. The Morgan fingerprint density at radius 1 is 1.62 bits per heavy atom. The van der Waals surface area contributed by atoms with Gasteiger partial charge < -0.3 is 4.74 Å². The predicted octanol–water partition coefficient (Wildman–Crippen LogP) is 1.19. The van der Waals surface area contributed by atoms with Gasteiger partial charge in [-0.1, -0.05) is 5.92 Å². The van der Waals surface area contributed by atoms with Crippen molar-refractivity contribution < 1.29 is 4.74 Å². The minimum absolute atomic E-state index is 0.102. The van der Waals surface area contributed by atoms with Crippen LogP contribution in [0.3, 0.4) is 0 Å². The van der Waals surface area contributed by atoms with Crippen LogP contribution >= 0.6 is 0 Å². The summed E-state index contributed by atoms with van der Waals surface area (Å²) < 4.78 is 5.27. The molecule has 0 aromatic rings. The molecule has 1 heterocycles. The second-order valence-electron chi connectivity index (χ2n) is 2.18. The SMILES string of the molecule is C#CC1CCC(C)O1. The van der Waals surface area contributed by atoms with E-state index in [1.54, 1.807) is 0 Å². The fourth-order valence-corrected chi connectivity index (χ4v) is 0.925. The monoisotopic (exact) mass is 110 g/mol. The zero-order valence-electron chi connectivity index (χ0n) is 5.05. The summed E-state index contributed by atoms with van der Waals surface area (Å²) in [6.45, 7) is 2.05. The Bertz CT molecular complexity index is 112. The van der Waals surface area contributed by atoms with E-state index in [-0.39, 0.29) is 6.10 Å². The van der Waals surface area contributed by atoms with E-state index in [2.05, 4.69) is 12.8 Å². The molecule has 1 aliphatic heterocycles. The van der Waals surface area contributed by atoms with E-state index in [0.717, 1.165) is 12.8 Å². The average molecular weight is 110 g/mol. The van der Waals surface area contributed by atoms with Crippen LogP contribution in [-0.2, 0) is 4.74 Å². The maximum atomic E-state index is 5.27. The van der Waals surface area contributed by atoms with Gasteiger partial charge in [0.25, 0.3) is 0 Å². The van der Waals surface area contributed by atoms with Crippen molar-refractivity contribution in [2.24, 2.45) is 0 Å². The molecule has 44 valence electrons. The van der Waals surface area contributed by atoms with Crippen LogP contribution in [0.25, 0.3) is 0 Å². The molecule has 1 saturated heterocycles. The standard InChI is InChI=1S/C7H10O/c1-3-7-5-4-6(2)8-7/h1,6-7H,4-5H2,2H3. The van der Waals surface area contributed by atoms with Crippen molar-refractivity contribution in [3.05, 3.63) is 0 Å². The van der Waals surface area contributed by atoms with Crippen molar-refractivity contribution in [3.8, 4) is 12.3 Å². The Kier molecular flexibility index (Phi) is 1.55. The third-order valence-electron chi connectivity index (χ3n) is 1.42. The first-order chi connectivity index (χ1) is 3.83. The summed E-state index contributed by atoms with van der Waals surface area (Å²) >= 11 is 0. The first kappa shape index (κ1) is 5.65. The van der Waals surface area contributed by atoms with Gasteiger partial charge in [-0.25, -0.2) is 0 Å². The molecule has 0 N–H and O–H groups in total. The van der Waals surface area contributed by atoms with Gasteiger partial charge in [0.15, 0.2) is 0 Å². The van der Waals surface area contributed by atoms with Gasteiger partial charge in [0, 0.05) is 0 Å². The highest BCUT2D eigenvalue weighted by Gasteiger charge is 2.18. The van der Waals surface area contributed by atoms with Crippen LogP contribution in [0, 0.1) is 12.3 Å². The molecule has 1 nitrogen and oxygen atoms in total. The van der Waals surface area contributed by atoms with Crippen molar-refractivity contribution in [1.29, 1.82) is 0 Å². The highest BCUT2D eigenvalue weighted by atomic mass is 16.5. The molecule has 1 fully saturated rings. The van der Waals surface area contributed by atoms with Gasteiger partial charge in [-0.3, -0.25) is 0 Å². The van der Waals surface area contributed by atoms with Crippen molar-refractivity contribution in [1.82, 2.24) is 0 Å². The zero-order valence-corrected chi connectivity index (χ0v) is 5.05. The minimum atomic E-state index is 0.102. The first-order valence-electron chi connectivity index (χ1n) is 2.94. The highest BCUT2D eigenvalue weighted by molar-refractivity contribution is 4.97. The van der Waals surface area contributed by atoms with Crippen molar-refractivity contribution >= 4 is 0 Å². The quantitative estimate of drug-likeness (QED) is 0.425. The minimum Gasteiger partial charge on any atom is -0.363 e. The fraction of sp³-hybridized carbons (Fsp3) is 0.714. The number of terminal acetylenes is 1. The number of rotatable bonds is 0. The molecule has 0 saturated carbocycles. The van der Waals surface area contributed by atoms with Crippen molar-refractivity contribution in [2.45, 2.75) is 32.0 Å². The molecule has 0 aliphatic carbocycles. The van der Waals surface area contributed by atoms with Crippen LogP contribution in [0.1, 0.15) is 19.8 Å². The van der Waals surface area contributed by atoms with Gasteiger partial charge in [0.05, 0.1) is 6.10 Å². The molecule has 1 rings (SSSR count). The van der Waals surface area contributed by atoms with Crippen LogP contribution in [0.5, 0.6) is 0 Å². The average Bonchev–Trinajstić information content (AvgIpc) is 2.14. The Morgan fingerprint density at radius 3 is 2.62 bits per heavy atom. The van der Waals surface area contributed by atoms with E-state index in [0.29, 0.717) is 6.10 Å². The van der Waals surface area contributed by atoms with Crippen molar-refractivity contribution in [3.63, 3.8) is 0 Å². The lowest BCUT2D eigenvalue weighted by Crippen LogP contribution is -2.03. The molecule has 0 aromatic carbocycles. The molecule has 8 heavy (non-hydrogen) atoms. The predicted molar refractivity (Wildman–Crippen MR) is 32.4 cm³/mol. The van der Waals surface area contributed by atoms with Crippen LogP contribution in [-0.4, -0.2) is 12.2 Å². The first-order valence-corrected chi connectivity index (χ1v) is 2.94. The van der Waals surface area contributed by atoms with E-state index < -0.39 is 0 Å². The molecule has 2 unspecified atom stereocenters. The Balaban J connectivity index is 2.35. The third-order valence-corrected chi connectivity index (χ3v) is 1.42. The maximum Gasteiger partial charge on any atom is 0.118 e. The lowest BCUT2D eigenvalue weighted by molar-refractivity contribution is 0.0886. The fourth-order valence-electron chi connectivity index (χ4n) is 0.925. The lowest BCUT2D eigenvalue weighted by Gasteiger charge is -2.00. The summed E-state index contributed by atoms with van der Waals surface area (Å²) in [6.07, 6.45) is 7.77. The van der Waals surface area contributed by atoms with Gasteiger partial charge in [0.2, 0.25) is 0 Å². The molecule has 2 atom stereocenters. The van der Waals surface area contributed by atoms with E-state index >= 15 is 0 Å². The van der Waals surface area contributed by atoms with Gasteiger partial charge in [0.1, 0.15) is 6.10 Å². The van der Waals surface area contributed by atoms with E-state index in [9.17, 15) is 0 Å². The second kappa shape index (κ2) is 2.19. The third kappa shape index (κ3) is 1.02. The van der Waals surface area contributed by atoms with Gasteiger partial charge in [-0.15, -0.1) is 6.42 Å². The maximum absolute atomic E-state index is 5.27. The smallest absolute Gasteiger partial charge is 0.118 e. The summed E-state index contributed by atoms with van der Waals surface area (Å²) in [5.41, 5.74) is 0. The number of hydrogen-bond acceptors (Lipinski definition) is 1. The summed E-state index contributed by atoms with van der Waals surface area (Å²) in [5, 5.41) is 0. The number of hydrogen-bond donors (Lipinski definition) is 0. The Morgan fingerprint density at radius 2 is 2.38 bits per heavy atom. The zero-order chi connectivity index (χ0) is 5.98. The van der Waals surface area contributed by atoms with Gasteiger partial charge >= 0.3 is 0 Å². The summed E-state index contributed by atoms with van der Waals surface area (Å²) in [6, 6.07) is 0. The van der Waals surface area contributed by atoms with Crippen molar-refractivity contribution in [2.75, 3.05) is 0 Å². The summed E-state index contributed by atoms with van der Waals surface area (Å²) in [4.78, 5) is 0. The van der Waals surface area contributed by atoms with Crippen LogP contribution in [0.15, 0.2) is 0 Å². The van der Waals surface area contributed by atoms with Gasteiger partial charge in [-0.2, -0.15) is 0 Å². The number of ether oxygens (including phenoxy) is 1. The lowest BCUT2D eigenvalue weighted by atomic mass is 10.2. The Labute approximate surface area is 50.0 Å². The van der Waals surface area contributed by atoms with E-state index in [4.69, 9.17) is 11.2 Å². The van der Waals surface area contributed by atoms with Crippen LogP contribution < -0.4 is 0 Å². The molecule has 0 radical (unpaired) electrons. The molecular weight excluding hydrogens is 100 g/mol. The molecule has 0 spiro atoms. The molecule has 1 heteroatoms. The van der Waals surface area contributed by atoms with E-state index in [1.165, 1.54) is 0 Å². The largest absolute Gasteiger partial charge is 0.363 e. The topological polar surface area (TPSA) is 9.23 Å². The summed E-state index contributed by atoms with van der Waals surface area (Å²) in [7, 11) is 0. The molecule has 0 bridgehead atoms. The van der Waals surface area contributed by atoms with Crippen LogP contribution in [0.2, 0.25) is 0 Å². The molecule has 0 amide bonds. The highest BCUT2D eigenvalue weighted by Crippen LogP contribution is 2.17. The van der Waals surface area contributed by atoms with E-state index in [1.807, 2.05) is 0 Å². The molecular formula is C7H10O. The second-order valence-corrected chi connectivity index (χ2v) is 2.18. The molecule has 1 aliphatic rings. The van der Waals surface area contributed by atoms with Crippen LogP contribution in [0.4, 0.5) is 0 Å².